The Morgan fingerprint density at radius 3 is 2.83 bits per heavy atom. The Kier molecular flexibility index (Phi) is 3.17. The smallest absolute Gasteiger partial charge is 0.114 e. The fraction of sp³-hybridized carbons (Fsp3) is 0.222. The van der Waals surface area contributed by atoms with E-state index < -0.39 is 0 Å². The summed E-state index contributed by atoms with van der Waals surface area (Å²) in [6, 6.07) is 0. The molecule has 0 atom stereocenters. The van der Waals surface area contributed by atoms with Crippen LogP contribution in [-0.4, -0.2) is 9.55 Å². The highest BCUT2D eigenvalue weighted by molar-refractivity contribution is 7.80. The second-order valence-electron chi connectivity index (χ2n) is 2.45. The van der Waals surface area contributed by atoms with Crippen LogP contribution in [0.1, 0.15) is 5.82 Å². The molecule has 0 saturated carbocycles. The molecule has 1 rings (SSSR count). The number of hydrogen-bond donors (Lipinski definition) is 1. The summed E-state index contributed by atoms with van der Waals surface area (Å²) in [5, 5.41) is 0.744. The molecule has 1 aromatic heterocycles. The van der Waals surface area contributed by atoms with E-state index in [4.69, 9.17) is 0 Å². The van der Waals surface area contributed by atoms with Crippen LogP contribution in [0.25, 0.3) is 0 Å². The Morgan fingerprint density at radius 1 is 1.50 bits per heavy atom. The van der Waals surface area contributed by atoms with Crippen LogP contribution in [0.15, 0.2) is 36.5 Å². The van der Waals surface area contributed by atoms with Crippen molar-refractivity contribution in [1.82, 2.24) is 9.55 Å². The maximum atomic E-state index is 4.23. The number of hydrogen-bond acceptors (Lipinski definition) is 2. The Morgan fingerprint density at radius 2 is 2.25 bits per heavy atom. The lowest BCUT2D eigenvalue weighted by atomic mass is 10.4. The molecular formula is C9H12N2S. The van der Waals surface area contributed by atoms with Gasteiger partial charge >= 0.3 is 0 Å². The molecule has 0 spiro atoms. The average Bonchev–Trinajstić information content (AvgIpc) is 2.33. The number of thiol groups is 1. The lowest BCUT2D eigenvalue weighted by molar-refractivity contribution is 0.763. The van der Waals surface area contributed by atoms with Crippen molar-refractivity contribution in [2.24, 2.45) is 0 Å². The molecule has 0 aliphatic carbocycles. The number of imidazole rings is 1. The van der Waals surface area contributed by atoms with Crippen molar-refractivity contribution in [3.63, 3.8) is 0 Å². The summed E-state index contributed by atoms with van der Waals surface area (Å²) in [6.45, 7) is 8.10. The molecule has 0 unspecified atom stereocenters. The predicted molar refractivity (Wildman–Crippen MR) is 53.6 cm³/mol. The number of allylic oxidation sites excluding steroid dienone is 2. The van der Waals surface area contributed by atoms with Gasteiger partial charge in [0, 0.05) is 19.2 Å². The van der Waals surface area contributed by atoms with Crippen LogP contribution >= 0.6 is 12.6 Å². The van der Waals surface area contributed by atoms with Crippen molar-refractivity contribution in [2.45, 2.75) is 18.0 Å². The van der Waals surface area contributed by atoms with Crippen LogP contribution in [0.3, 0.4) is 0 Å². The monoisotopic (exact) mass is 180 g/mol. The first-order chi connectivity index (χ1) is 5.77. The van der Waals surface area contributed by atoms with E-state index in [1.54, 1.807) is 0 Å². The Hall–Kier alpha value is -0.960. The summed E-state index contributed by atoms with van der Waals surface area (Å²) >= 11 is 4.16. The van der Waals surface area contributed by atoms with Crippen LogP contribution in [0.2, 0.25) is 0 Å². The van der Waals surface area contributed by atoms with E-state index in [0.29, 0.717) is 0 Å². The summed E-state index contributed by atoms with van der Waals surface area (Å²) in [5.41, 5.74) is 0. The standard InChI is InChI=1S/C9H12N2S/c1-3-5-8-10-9(12)7-11(8)6-4-2/h3-4,7,12H,1-2,5-6H2. The van der Waals surface area contributed by atoms with E-state index >= 15 is 0 Å². The molecule has 2 nitrogen and oxygen atoms in total. The fourth-order valence-electron chi connectivity index (χ4n) is 1.03. The molecule has 1 heterocycles. The normalized spacial score (nSPS) is 9.75. The molecule has 12 heavy (non-hydrogen) atoms. The molecule has 0 aliphatic heterocycles. The van der Waals surface area contributed by atoms with Gasteiger partial charge in [-0.15, -0.1) is 25.8 Å². The zero-order valence-corrected chi connectivity index (χ0v) is 7.80. The van der Waals surface area contributed by atoms with Gasteiger partial charge in [0.2, 0.25) is 0 Å². The minimum atomic E-state index is 0.744. The first-order valence-electron chi connectivity index (χ1n) is 3.74. The van der Waals surface area contributed by atoms with Crippen molar-refractivity contribution < 1.29 is 0 Å². The van der Waals surface area contributed by atoms with Gasteiger partial charge in [0.25, 0.3) is 0 Å². The Balaban J connectivity index is 2.90. The molecule has 64 valence electrons. The van der Waals surface area contributed by atoms with E-state index in [-0.39, 0.29) is 0 Å². The first kappa shape index (κ1) is 9.13. The molecule has 0 amide bonds. The van der Waals surface area contributed by atoms with Crippen LogP contribution in [0, 0.1) is 0 Å². The summed E-state index contributed by atoms with van der Waals surface area (Å²) in [4.78, 5) is 4.23. The van der Waals surface area contributed by atoms with Crippen molar-refractivity contribution in [2.75, 3.05) is 0 Å². The molecule has 0 aliphatic rings. The number of nitrogens with zero attached hydrogens (tertiary/aromatic N) is 2. The Labute approximate surface area is 78.0 Å². The van der Waals surface area contributed by atoms with Gasteiger partial charge in [-0.3, -0.25) is 0 Å². The molecule has 1 aromatic rings. The van der Waals surface area contributed by atoms with Gasteiger partial charge in [-0.25, -0.2) is 4.98 Å². The van der Waals surface area contributed by atoms with Crippen LogP contribution < -0.4 is 0 Å². The molecule has 0 saturated heterocycles. The largest absolute Gasteiger partial charge is 0.330 e. The molecule has 0 aromatic carbocycles. The molecule has 0 radical (unpaired) electrons. The van der Waals surface area contributed by atoms with E-state index in [1.807, 2.05) is 22.9 Å². The SMILES string of the molecule is C=CCc1nc(S)cn1CC=C. The minimum absolute atomic E-state index is 0.744. The second kappa shape index (κ2) is 4.16. The maximum absolute atomic E-state index is 4.23. The van der Waals surface area contributed by atoms with Crippen molar-refractivity contribution in [1.29, 1.82) is 0 Å². The van der Waals surface area contributed by atoms with Gasteiger partial charge in [-0.1, -0.05) is 12.2 Å². The lowest BCUT2D eigenvalue weighted by Crippen LogP contribution is -1.99. The van der Waals surface area contributed by atoms with Crippen molar-refractivity contribution >= 4 is 12.6 Å². The third kappa shape index (κ3) is 2.01. The first-order valence-corrected chi connectivity index (χ1v) is 4.19. The van der Waals surface area contributed by atoms with E-state index in [9.17, 15) is 0 Å². The zero-order chi connectivity index (χ0) is 8.97. The molecular weight excluding hydrogens is 168 g/mol. The molecule has 0 N–H and O–H groups in total. The highest BCUT2D eigenvalue weighted by Crippen LogP contribution is 2.07. The molecule has 0 bridgehead atoms. The zero-order valence-electron chi connectivity index (χ0n) is 6.90. The van der Waals surface area contributed by atoms with Gasteiger partial charge in [-0.05, 0) is 0 Å². The van der Waals surface area contributed by atoms with E-state index in [1.165, 1.54) is 0 Å². The predicted octanol–water partition coefficient (Wildman–Crippen LogP) is 2.09. The molecule has 3 heteroatoms. The van der Waals surface area contributed by atoms with Crippen LogP contribution in [0.4, 0.5) is 0 Å². The maximum Gasteiger partial charge on any atom is 0.114 e. The van der Waals surface area contributed by atoms with E-state index in [0.717, 1.165) is 23.8 Å². The van der Waals surface area contributed by atoms with Crippen LogP contribution in [-0.2, 0) is 13.0 Å². The fourth-order valence-corrected chi connectivity index (χ4v) is 1.28. The van der Waals surface area contributed by atoms with Gasteiger partial charge < -0.3 is 4.57 Å². The van der Waals surface area contributed by atoms with Gasteiger partial charge in [-0.2, -0.15) is 0 Å². The third-order valence-corrected chi connectivity index (χ3v) is 1.71. The molecule has 0 fully saturated rings. The summed E-state index contributed by atoms with van der Waals surface area (Å²) in [6.07, 6.45) is 6.33. The lowest BCUT2D eigenvalue weighted by Gasteiger charge is -2.00. The number of aromatic nitrogens is 2. The van der Waals surface area contributed by atoms with Crippen LogP contribution in [0.5, 0.6) is 0 Å². The summed E-state index contributed by atoms with van der Waals surface area (Å²) in [7, 11) is 0. The highest BCUT2D eigenvalue weighted by Gasteiger charge is 2.01. The number of rotatable bonds is 4. The highest BCUT2D eigenvalue weighted by atomic mass is 32.1. The van der Waals surface area contributed by atoms with Gasteiger partial charge in [0.05, 0.1) is 0 Å². The van der Waals surface area contributed by atoms with Crippen molar-refractivity contribution in [3.05, 3.63) is 37.3 Å². The van der Waals surface area contributed by atoms with Gasteiger partial charge in [0.15, 0.2) is 0 Å². The van der Waals surface area contributed by atoms with Crippen molar-refractivity contribution in [3.8, 4) is 0 Å². The second-order valence-corrected chi connectivity index (χ2v) is 2.91. The van der Waals surface area contributed by atoms with Gasteiger partial charge in [0.1, 0.15) is 10.9 Å². The topological polar surface area (TPSA) is 17.8 Å². The third-order valence-electron chi connectivity index (χ3n) is 1.50. The Bertz CT molecular complexity index is 261. The quantitative estimate of drug-likeness (QED) is 0.555. The summed E-state index contributed by atoms with van der Waals surface area (Å²) in [5.74, 6) is 0.981. The minimum Gasteiger partial charge on any atom is -0.330 e. The van der Waals surface area contributed by atoms with E-state index in [2.05, 4.69) is 30.8 Å². The average molecular weight is 180 g/mol. The summed E-state index contributed by atoms with van der Waals surface area (Å²) < 4.78 is 2.01.